The van der Waals surface area contributed by atoms with E-state index in [4.69, 9.17) is 13.9 Å². The Balaban J connectivity index is 1.57. The summed E-state index contributed by atoms with van der Waals surface area (Å²) in [6.07, 6.45) is 2.62. The Labute approximate surface area is 135 Å². The zero-order chi connectivity index (χ0) is 15.9. The highest BCUT2D eigenvalue weighted by Gasteiger charge is 2.06. The standard InChI is InChI=1S/C19H19NO3/c1-2-12-21-17-8-10-18(11-9-17)22-13-16-14-23-19(20-16)15-6-4-3-5-7-15/h3-11,14H,2,12-13H2,1H3. The van der Waals surface area contributed by atoms with Crippen LogP contribution in [0, 0.1) is 0 Å². The normalized spacial score (nSPS) is 10.5. The van der Waals surface area contributed by atoms with Crippen LogP contribution in [-0.4, -0.2) is 11.6 Å². The van der Waals surface area contributed by atoms with Crippen LogP contribution < -0.4 is 9.47 Å². The van der Waals surface area contributed by atoms with Crippen LogP contribution in [0.25, 0.3) is 11.5 Å². The van der Waals surface area contributed by atoms with E-state index in [1.54, 1.807) is 6.26 Å². The van der Waals surface area contributed by atoms with Gasteiger partial charge in [-0.05, 0) is 42.8 Å². The molecule has 0 aliphatic carbocycles. The minimum Gasteiger partial charge on any atom is -0.494 e. The van der Waals surface area contributed by atoms with E-state index >= 15 is 0 Å². The molecule has 118 valence electrons. The van der Waals surface area contributed by atoms with Crippen LogP contribution in [0.5, 0.6) is 11.5 Å². The molecule has 0 bridgehead atoms. The number of hydrogen-bond acceptors (Lipinski definition) is 4. The van der Waals surface area contributed by atoms with Gasteiger partial charge in [-0.15, -0.1) is 0 Å². The van der Waals surface area contributed by atoms with Crippen molar-refractivity contribution >= 4 is 0 Å². The molecule has 3 aromatic rings. The van der Waals surface area contributed by atoms with Crippen molar-refractivity contribution in [2.75, 3.05) is 6.61 Å². The molecule has 0 radical (unpaired) electrons. The van der Waals surface area contributed by atoms with Crippen molar-refractivity contribution in [3.8, 4) is 23.0 Å². The molecule has 0 saturated heterocycles. The average Bonchev–Trinajstić information content (AvgIpc) is 3.09. The van der Waals surface area contributed by atoms with Crippen LogP contribution in [-0.2, 0) is 6.61 Å². The lowest BCUT2D eigenvalue weighted by molar-refractivity contribution is 0.297. The molecular weight excluding hydrogens is 290 g/mol. The van der Waals surface area contributed by atoms with Crippen molar-refractivity contribution in [1.82, 2.24) is 4.98 Å². The smallest absolute Gasteiger partial charge is 0.226 e. The first-order chi connectivity index (χ1) is 11.3. The Bertz CT molecular complexity index is 720. The minimum absolute atomic E-state index is 0.367. The molecule has 0 saturated carbocycles. The minimum atomic E-state index is 0.367. The molecule has 0 amide bonds. The second-order valence-electron chi connectivity index (χ2n) is 5.12. The molecule has 0 aliphatic heterocycles. The van der Waals surface area contributed by atoms with Crippen LogP contribution >= 0.6 is 0 Å². The van der Waals surface area contributed by atoms with E-state index in [0.29, 0.717) is 12.5 Å². The summed E-state index contributed by atoms with van der Waals surface area (Å²) < 4.78 is 16.8. The van der Waals surface area contributed by atoms with Crippen molar-refractivity contribution < 1.29 is 13.9 Å². The Hall–Kier alpha value is -2.75. The third-order valence-electron chi connectivity index (χ3n) is 3.26. The van der Waals surface area contributed by atoms with E-state index in [9.17, 15) is 0 Å². The predicted octanol–water partition coefficient (Wildman–Crippen LogP) is 4.71. The molecule has 0 aliphatic rings. The third kappa shape index (κ3) is 4.13. The number of hydrogen-bond donors (Lipinski definition) is 0. The fraction of sp³-hybridized carbons (Fsp3) is 0.211. The van der Waals surface area contributed by atoms with Gasteiger partial charge >= 0.3 is 0 Å². The van der Waals surface area contributed by atoms with Crippen LogP contribution in [0.4, 0.5) is 0 Å². The van der Waals surface area contributed by atoms with Crippen LogP contribution in [0.2, 0.25) is 0 Å². The highest BCUT2D eigenvalue weighted by atomic mass is 16.5. The second-order valence-corrected chi connectivity index (χ2v) is 5.12. The van der Waals surface area contributed by atoms with Gasteiger partial charge in [0.25, 0.3) is 0 Å². The number of oxazole rings is 1. The molecular formula is C19H19NO3. The Morgan fingerprint density at radius 1 is 0.913 bits per heavy atom. The van der Waals surface area contributed by atoms with Crippen LogP contribution in [0.3, 0.4) is 0 Å². The van der Waals surface area contributed by atoms with Gasteiger partial charge in [-0.1, -0.05) is 25.1 Å². The van der Waals surface area contributed by atoms with Crippen LogP contribution in [0.15, 0.2) is 65.3 Å². The molecule has 0 N–H and O–H groups in total. The second kappa shape index (κ2) is 7.49. The zero-order valence-corrected chi connectivity index (χ0v) is 13.1. The van der Waals surface area contributed by atoms with Crippen molar-refractivity contribution in [1.29, 1.82) is 0 Å². The van der Waals surface area contributed by atoms with E-state index in [0.717, 1.165) is 35.8 Å². The van der Waals surface area contributed by atoms with E-state index < -0.39 is 0 Å². The number of nitrogens with zero attached hydrogens (tertiary/aromatic N) is 1. The van der Waals surface area contributed by atoms with E-state index in [2.05, 4.69) is 11.9 Å². The number of aromatic nitrogens is 1. The molecule has 4 nitrogen and oxygen atoms in total. The predicted molar refractivity (Wildman–Crippen MR) is 88.5 cm³/mol. The molecule has 0 fully saturated rings. The van der Waals surface area contributed by atoms with Crippen LogP contribution in [0.1, 0.15) is 19.0 Å². The zero-order valence-electron chi connectivity index (χ0n) is 13.1. The maximum Gasteiger partial charge on any atom is 0.226 e. The summed E-state index contributed by atoms with van der Waals surface area (Å²) in [5.74, 6) is 2.23. The summed E-state index contributed by atoms with van der Waals surface area (Å²) in [5.41, 5.74) is 1.71. The van der Waals surface area contributed by atoms with E-state index in [-0.39, 0.29) is 0 Å². The first-order valence-electron chi connectivity index (χ1n) is 7.70. The average molecular weight is 309 g/mol. The van der Waals surface area contributed by atoms with Gasteiger partial charge in [0.05, 0.1) is 6.61 Å². The van der Waals surface area contributed by atoms with Crippen molar-refractivity contribution in [2.24, 2.45) is 0 Å². The molecule has 3 rings (SSSR count). The lowest BCUT2D eigenvalue weighted by Crippen LogP contribution is -1.97. The summed E-state index contributed by atoms with van der Waals surface area (Å²) in [5, 5.41) is 0. The molecule has 0 spiro atoms. The fourth-order valence-electron chi connectivity index (χ4n) is 2.10. The summed E-state index contributed by atoms with van der Waals surface area (Å²) in [4.78, 5) is 4.44. The first-order valence-corrected chi connectivity index (χ1v) is 7.70. The van der Waals surface area contributed by atoms with Gasteiger partial charge in [-0.3, -0.25) is 0 Å². The van der Waals surface area contributed by atoms with Gasteiger partial charge in [-0.2, -0.15) is 0 Å². The maximum atomic E-state index is 5.72. The summed E-state index contributed by atoms with van der Waals surface area (Å²) in [6.45, 7) is 3.17. The highest BCUT2D eigenvalue weighted by molar-refractivity contribution is 5.52. The maximum absolute atomic E-state index is 5.72. The number of ether oxygens (including phenoxy) is 2. The molecule has 4 heteroatoms. The lowest BCUT2D eigenvalue weighted by atomic mass is 10.2. The fourth-order valence-corrected chi connectivity index (χ4v) is 2.10. The van der Waals surface area contributed by atoms with Gasteiger partial charge < -0.3 is 13.9 Å². The Morgan fingerprint density at radius 2 is 1.61 bits per heavy atom. The van der Waals surface area contributed by atoms with Gasteiger partial charge in [0.2, 0.25) is 5.89 Å². The van der Waals surface area contributed by atoms with Gasteiger partial charge in [0.1, 0.15) is 30.1 Å². The lowest BCUT2D eigenvalue weighted by Gasteiger charge is -2.06. The summed E-state index contributed by atoms with van der Waals surface area (Å²) >= 11 is 0. The Kier molecular flexibility index (Phi) is 4.94. The largest absolute Gasteiger partial charge is 0.494 e. The Morgan fingerprint density at radius 3 is 2.30 bits per heavy atom. The third-order valence-corrected chi connectivity index (χ3v) is 3.26. The first kappa shape index (κ1) is 15.2. The molecule has 0 unspecified atom stereocenters. The van der Waals surface area contributed by atoms with Crippen molar-refractivity contribution in [3.63, 3.8) is 0 Å². The topological polar surface area (TPSA) is 44.5 Å². The quantitative estimate of drug-likeness (QED) is 0.634. The van der Waals surface area contributed by atoms with Gasteiger partial charge in [0.15, 0.2) is 0 Å². The van der Waals surface area contributed by atoms with E-state index in [1.807, 2.05) is 54.6 Å². The highest BCUT2D eigenvalue weighted by Crippen LogP contribution is 2.21. The SMILES string of the molecule is CCCOc1ccc(OCc2coc(-c3ccccc3)n2)cc1. The molecule has 23 heavy (non-hydrogen) atoms. The summed E-state index contributed by atoms with van der Waals surface area (Å²) in [7, 11) is 0. The number of rotatable bonds is 7. The van der Waals surface area contributed by atoms with Gasteiger partial charge in [-0.25, -0.2) is 4.98 Å². The molecule has 1 aromatic heterocycles. The summed E-state index contributed by atoms with van der Waals surface area (Å²) in [6, 6.07) is 17.4. The molecule has 0 atom stereocenters. The monoisotopic (exact) mass is 309 g/mol. The molecule has 2 aromatic carbocycles. The van der Waals surface area contributed by atoms with Gasteiger partial charge in [0, 0.05) is 5.56 Å². The number of benzene rings is 2. The van der Waals surface area contributed by atoms with E-state index in [1.165, 1.54) is 0 Å². The molecule has 1 heterocycles. The van der Waals surface area contributed by atoms with Crippen molar-refractivity contribution in [2.45, 2.75) is 20.0 Å². The van der Waals surface area contributed by atoms with Crippen molar-refractivity contribution in [3.05, 3.63) is 66.6 Å².